The van der Waals surface area contributed by atoms with Crippen LogP contribution in [0.4, 0.5) is 0 Å². The van der Waals surface area contributed by atoms with Gasteiger partial charge in [0.25, 0.3) is 0 Å². The Kier molecular flexibility index (Phi) is 3.18. The normalized spacial score (nSPS) is 10.4. The highest BCUT2D eigenvalue weighted by molar-refractivity contribution is 5.79. The van der Waals surface area contributed by atoms with Crippen molar-refractivity contribution >= 4 is 6.21 Å². The van der Waals surface area contributed by atoms with E-state index in [0.717, 1.165) is 11.1 Å². The van der Waals surface area contributed by atoms with Crippen molar-refractivity contribution in [3.8, 4) is 0 Å². The smallest absolute Gasteiger partial charge is 0.0404 e. The monoisotopic (exact) mass is 194 g/mol. The third-order valence-corrected chi connectivity index (χ3v) is 2.05. The van der Waals surface area contributed by atoms with Gasteiger partial charge in [0.2, 0.25) is 0 Å². The minimum atomic E-state index is 1.12. The van der Waals surface area contributed by atoms with Crippen molar-refractivity contribution in [2.75, 3.05) is 0 Å². The first-order valence-corrected chi connectivity index (χ1v) is 4.92. The summed E-state index contributed by atoms with van der Waals surface area (Å²) in [5, 5.41) is 0. The Bertz CT molecular complexity index is 418. The molecule has 74 valence electrons. The lowest BCUT2D eigenvalue weighted by Crippen LogP contribution is -1.81. The highest BCUT2D eigenvalue weighted by Crippen LogP contribution is 2.02. The lowest BCUT2D eigenvalue weighted by atomic mass is 10.2. The third kappa shape index (κ3) is 2.99. The van der Waals surface area contributed by atoms with Gasteiger partial charge in [-0.15, -0.1) is 29.8 Å². The zero-order valence-corrected chi connectivity index (χ0v) is 8.38. The van der Waals surface area contributed by atoms with Crippen LogP contribution in [-0.2, 0) is 0 Å². The minimum absolute atomic E-state index is 1.12. The van der Waals surface area contributed by atoms with Gasteiger partial charge in [-0.1, -0.05) is 42.9 Å². The maximum Gasteiger partial charge on any atom is -0.0404 e. The van der Waals surface area contributed by atoms with Crippen LogP contribution in [-0.4, -0.2) is 6.21 Å². The van der Waals surface area contributed by atoms with E-state index in [1.54, 1.807) is 0 Å². The van der Waals surface area contributed by atoms with Gasteiger partial charge in [-0.05, 0) is 11.8 Å². The molecule has 0 aliphatic carbocycles. The summed E-state index contributed by atoms with van der Waals surface area (Å²) >= 11 is 0. The van der Waals surface area contributed by atoms with E-state index in [-0.39, 0.29) is 0 Å². The molecule has 15 heavy (non-hydrogen) atoms. The van der Waals surface area contributed by atoms with Crippen LogP contribution in [0, 0.1) is 6.54 Å². The van der Waals surface area contributed by atoms with Crippen LogP contribution >= 0.6 is 0 Å². The number of hydrogen-bond donors (Lipinski definition) is 0. The maximum atomic E-state index is 4.26. The first-order chi connectivity index (χ1) is 7.45. The predicted octanol–water partition coefficient (Wildman–Crippen LogP) is 3.32. The van der Waals surface area contributed by atoms with Crippen LogP contribution in [0.3, 0.4) is 0 Å². The quantitative estimate of drug-likeness (QED) is 0.525. The van der Waals surface area contributed by atoms with E-state index in [2.05, 4.69) is 4.99 Å². The van der Waals surface area contributed by atoms with E-state index in [4.69, 9.17) is 0 Å². The van der Waals surface area contributed by atoms with Crippen molar-refractivity contribution in [1.29, 1.82) is 0 Å². The van der Waals surface area contributed by atoms with Gasteiger partial charge < -0.3 is 4.99 Å². The molecule has 2 aromatic rings. The Morgan fingerprint density at radius 3 is 2.07 bits per heavy atom. The average molecular weight is 194 g/mol. The zero-order chi connectivity index (χ0) is 10.3. The van der Waals surface area contributed by atoms with Crippen LogP contribution in [0.1, 0.15) is 11.1 Å². The maximum absolute atomic E-state index is 4.26. The Hall–Kier alpha value is -2.02. The standard InChI is InChI=1S/C14H12N/c1-3-7-13(8-4-1)11-15-12-14-9-5-2-6-10-14/h1-12H/q-1. The Labute approximate surface area is 90.1 Å². The molecule has 0 heterocycles. The summed E-state index contributed by atoms with van der Waals surface area (Å²) in [5.41, 5.74) is 2.23. The number of rotatable bonds is 3. The molecule has 0 radical (unpaired) electrons. The summed E-state index contributed by atoms with van der Waals surface area (Å²) in [5.74, 6) is 0. The fraction of sp³-hybridized carbons (Fsp3) is 0. The predicted molar refractivity (Wildman–Crippen MR) is 63.9 cm³/mol. The molecule has 0 bridgehead atoms. The van der Waals surface area contributed by atoms with Gasteiger partial charge >= 0.3 is 0 Å². The summed E-state index contributed by atoms with van der Waals surface area (Å²) in [4.78, 5) is 4.26. The van der Waals surface area contributed by atoms with E-state index < -0.39 is 0 Å². The number of hydrogen-bond acceptors (Lipinski definition) is 1. The van der Waals surface area contributed by atoms with Crippen LogP contribution < -0.4 is 0 Å². The van der Waals surface area contributed by atoms with E-state index in [0.29, 0.717) is 0 Å². The molecule has 0 aromatic heterocycles. The first kappa shape index (κ1) is 9.53. The average Bonchev–Trinajstić information content (AvgIpc) is 2.32. The van der Waals surface area contributed by atoms with Gasteiger partial charge in [0.05, 0.1) is 0 Å². The van der Waals surface area contributed by atoms with Gasteiger partial charge in [-0.2, -0.15) is 0 Å². The molecule has 0 spiro atoms. The van der Waals surface area contributed by atoms with Crippen LogP contribution in [0.25, 0.3) is 0 Å². The second-order valence-electron chi connectivity index (χ2n) is 3.23. The highest BCUT2D eigenvalue weighted by Gasteiger charge is 1.80. The van der Waals surface area contributed by atoms with Gasteiger partial charge in [-0.25, -0.2) is 0 Å². The zero-order valence-electron chi connectivity index (χ0n) is 8.38. The molecule has 2 rings (SSSR count). The molecule has 0 unspecified atom stereocenters. The summed E-state index contributed by atoms with van der Waals surface area (Å²) in [6.45, 7) is 1.85. The lowest BCUT2D eigenvalue weighted by molar-refractivity contribution is 1.35. The van der Waals surface area contributed by atoms with Crippen molar-refractivity contribution in [3.05, 3.63) is 78.3 Å². The molecule has 0 atom stereocenters. The first-order valence-electron chi connectivity index (χ1n) is 4.92. The van der Waals surface area contributed by atoms with Gasteiger partial charge in [0, 0.05) is 0 Å². The van der Waals surface area contributed by atoms with Gasteiger partial charge in [0.1, 0.15) is 0 Å². The summed E-state index contributed by atoms with van der Waals surface area (Å²) < 4.78 is 0. The number of benzene rings is 2. The molecule has 0 aliphatic heterocycles. The van der Waals surface area contributed by atoms with Crippen LogP contribution in [0.5, 0.6) is 0 Å². The fourth-order valence-electron chi connectivity index (χ4n) is 1.29. The Balaban J connectivity index is 1.97. The summed E-state index contributed by atoms with van der Waals surface area (Å²) in [6.07, 6.45) is 1.85. The van der Waals surface area contributed by atoms with Crippen molar-refractivity contribution in [2.24, 2.45) is 4.99 Å². The molecule has 1 nitrogen and oxygen atoms in total. The minimum Gasteiger partial charge on any atom is -0.358 e. The van der Waals surface area contributed by atoms with E-state index in [1.807, 2.05) is 73.4 Å². The molecule has 0 saturated heterocycles. The van der Waals surface area contributed by atoms with Crippen molar-refractivity contribution in [1.82, 2.24) is 0 Å². The molecule has 0 saturated carbocycles. The summed E-state index contributed by atoms with van der Waals surface area (Å²) in [7, 11) is 0. The summed E-state index contributed by atoms with van der Waals surface area (Å²) in [6, 6.07) is 20.1. The second-order valence-corrected chi connectivity index (χ2v) is 3.23. The molecule has 0 aliphatic rings. The Morgan fingerprint density at radius 1 is 0.800 bits per heavy atom. The largest absolute Gasteiger partial charge is 0.358 e. The van der Waals surface area contributed by atoms with E-state index >= 15 is 0 Å². The SMILES string of the molecule is C(=N[CH-]c1ccccc1)c1ccccc1. The molecular weight excluding hydrogens is 182 g/mol. The van der Waals surface area contributed by atoms with Gasteiger partial charge in [0.15, 0.2) is 0 Å². The van der Waals surface area contributed by atoms with Crippen LogP contribution in [0.2, 0.25) is 0 Å². The van der Waals surface area contributed by atoms with Crippen LogP contribution in [0.15, 0.2) is 65.7 Å². The topological polar surface area (TPSA) is 12.4 Å². The van der Waals surface area contributed by atoms with Crippen molar-refractivity contribution < 1.29 is 0 Å². The molecular formula is C14H12N-. The van der Waals surface area contributed by atoms with E-state index in [1.165, 1.54) is 0 Å². The number of nitrogens with zero attached hydrogens (tertiary/aromatic N) is 1. The molecule has 0 fully saturated rings. The van der Waals surface area contributed by atoms with Crippen molar-refractivity contribution in [2.45, 2.75) is 0 Å². The van der Waals surface area contributed by atoms with E-state index in [9.17, 15) is 0 Å². The second kappa shape index (κ2) is 5.01. The molecule has 2 aromatic carbocycles. The van der Waals surface area contributed by atoms with Crippen molar-refractivity contribution in [3.63, 3.8) is 0 Å². The molecule has 1 heteroatoms. The fourth-order valence-corrected chi connectivity index (χ4v) is 1.29. The lowest BCUT2D eigenvalue weighted by Gasteiger charge is -2.02. The molecule has 0 amide bonds. The van der Waals surface area contributed by atoms with Gasteiger partial charge in [-0.3, -0.25) is 0 Å². The third-order valence-electron chi connectivity index (χ3n) is 2.05. The number of aliphatic imine (C=N–C) groups is 1. The Morgan fingerprint density at radius 2 is 1.40 bits per heavy atom. The highest BCUT2D eigenvalue weighted by atomic mass is 14.7. The molecule has 0 N–H and O–H groups in total.